The van der Waals surface area contributed by atoms with Crippen LogP contribution >= 0.6 is 11.6 Å². The number of aromatic nitrogens is 1. The van der Waals surface area contributed by atoms with Gasteiger partial charge in [0.15, 0.2) is 0 Å². The average Bonchev–Trinajstić information content (AvgIpc) is 2.53. The molecule has 1 aromatic heterocycles. The van der Waals surface area contributed by atoms with Gasteiger partial charge in [-0.1, -0.05) is 29.5 Å². The molecule has 1 saturated heterocycles. The number of nitrogens with zero attached hydrogens (tertiary/aromatic N) is 2. The number of rotatable bonds is 1. The highest BCUT2D eigenvalue weighted by Crippen LogP contribution is 2.25. The van der Waals surface area contributed by atoms with Gasteiger partial charge in [0.2, 0.25) is 0 Å². The molecular weight excluding hydrogens is 324 g/mol. The van der Waals surface area contributed by atoms with Crippen molar-refractivity contribution >= 4 is 23.5 Å². The number of hydrogen-bond donors (Lipinski definition) is 0. The van der Waals surface area contributed by atoms with Crippen molar-refractivity contribution in [2.75, 3.05) is 11.4 Å². The third-order valence-corrected chi connectivity index (χ3v) is 3.96. The number of cyclic esters (lactones) is 1. The van der Waals surface area contributed by atoms with Crippen LogP contribution in [0.15, 0.2) is 42.6 Å². The largest absolute Gasteiger partial charge is 0.443 e. The summed E-state index contributed by atoms with van der Waals surface area (Å²) in [6.45, 7) is 4.40. The lowest BCUT2D eigenvalue weighted by atomic mass is 10.0. The maximum Gasteiger partial charge on any atom is 0.416 e. The Labute approximate surface area is 146 Å². The molecular formula is C19H17ClN2O2. The Hall–Kier alpha value is -2.51. The Balaban J connectivity index is 1.74. The summed E-state index contributed by atoms with van der Waals surface area (Å²) < 4.78 is 5.39. The molecule has 1 aliphatic rings. The summed E-state index contributed by atoms with van der Waals surface area (Å²) in [6.07, 6.45) is 2.05. The minimum atomic E-state index is -0.421. The van der Waals surface area contributed by atoms with Crippen LogP contribution in [0.4, 0.5) is 10.6 Å². The van der Waals surface area contributed by atoms with Gasteiger partial charge in [-0.25, -0.2) is 9.78 Å². The van der Waals surface area contributed by atoms with Crippen molar-refractivity contribution in [2.45, 2.75) is 25.9 Å². The normalized spacial score (nSPS) is 16.1. The van der Waals surface area contributed by atoms with E-state index >= 15 is 0 Å². The molecule has 2 aromatic rings. The molecule has 0 unspecified atom stereocenters. The van der Waals surface area contributed by atoms with Crippen molar-refractivity contribution < 1.29 is 9.53 Å². The van der Waals surface area contributed by atoms with Crippen molar-refractivity contribution in [2.24, 2.45) is 0 Å². The number of carbonyl (C=O) groups is 1. The van der Waals surface area contributed by atoms with E-state index in [4.69, 9.17) is 16.3 Å². The first-order chi connectivity index (χ1) is 11.4. The Morgan fingerprint density at radius 2 is 2.00 bits per heavy atom. The molecule has 1 aliphatic heterocycles. The van der Waals surface area contributed by atoms with Crippen LogP contribution in [-0.2, 0) is 4.74 Å². The number of ether oxygens (including phenoxy) is 1. The highest BCUT2D eigenvalue weighted by Gasteiger charge is 2.33. The number of anilines is 1. The summed E-state index contributed by atoms with van der Waals surface area (Å²) >= 11 is 5.94. The van der Waals surface area contributed by atoms with Crippen LogP contribution in [-0.4, -0.2) is 23.2 Å². The molecule has 4 nitrogen and oxygen atoms in total. The van der Waals surface area contributed by atoms with E-state index in [9.17, 15) is 4.79 Å². The van der Waals surface area contributed by atoms with E-state index in [0.717, 1.165) is 17.5 Å². The smallest absolute Gasteiger partial charge is 0.416 e. The van der Waals surface area contributed by atoms with Gasteiger partial charge in [0, 0.05) is 35.3 Å². The second-order valence-corrected chi connectivity index (χ2v) is 6.63. The highest BCUT2D eigenvalue weighted by atomic mass is 35.5. The molecule has 0 aliphatic carbocycles. The number of pyridine rings is 1. The third-order valence-electron chi connectivity index (χ3n) is 3.72. The summed E-state index contributed by atoms with van der Waals surface area (Å²) in [5.74, 6) is 6.65. The van der Waals surface area contributed by atoms with Gasteiger partial charge >= 0.3 is 6.09 Å². The predicted molar refractivity (Wildman–Crippen MR) is 94.2 cm³/mol. The van der Waals surface area contributed by atoms with Gasteiger partial charge in [-0.15, -0.1) is 0 Å². The summed E-state index contributed by atoms with van der Waals surface area (Å²) in [5.41, 5.74) is 1.19. The Morgan fingerprint density at radius 1 is 1.21 bits per heavy atom. The second-order valence-electron chi connectivity index (χ2n) is 6.19. The molecule has 5 heteroatoms. The fourth-order valence-electron chi connectivity index (χ4n) is 2.35. The van der Waals surface area contributed by atoms with E-state index < -0.39 is 5.60 Å². The average molecular weight is 341 g/mol. The fourth-order valence-corrected chi connectivity index (χ4v) is 2.54. The first-order valence-corrected chi connectivity index (χ1v) is 8.05. The molecule has 1 amide bonds. The van der Waals surface area contributed by atoms with Crippen molar-refractivity contribution in [3.8, 4) is 11.8 Å². The van der Waals surface area contributed by atoms with Gasteiger partial charge in [0.25, 0.3) is 0 Å². The second kappa shape index (κ2) is 6.54. The first kappa shape index (κ1) is 16.4. The van der Waals surface area contributed by atoms with Gasteiger partial charge in [0.1, 0.15) is 11.4 Å². The van der Waals surface area contributed by atoms with Crippen molar-refractivity contribution in [1.29, 1.82) is 0 Å². The Kier molecular flexibility index (Phi) is 4.46. The molecule has 1 aromatic carbocycles. The third kappa shape index (κ3) is 3.87. The number of halogens is 1. The van der Waals surface area contributed by atoms with Gasteiger partial charge in [-0.2, -0.15) is 0 Å². The summed E-state index contributed by atoms with van der Waals surface area (Å²) in [5, 5.41) is 0.654. The number of carbonyl (C=O) groups excluding carboxylic acids is 1. The molecule has 0 bridgehead atoms. The monoisotopic (exact) mass is 340 g/mol. The summed E-state index contributed by atoms with van der Waals surface area (Å²) in [4.78, 5) is 17.9. The maximum atomic E-state index is 12.1. The van der Waals surface area contributed by atoms with Crippen molar-refractivity contribution in [3.05, 3.63) is 58.7 Å². The maximum absolute atomic E-state index is 12.1. The zero-order chi connectivity index (χ0) is 17.2. The molecule has 0 saturated carbocycles. The molecule has 0 radical (unpaired) electrons. The molecule has 2 heterocycles. The SMILES string of the molecule is CC1(C)CCN(c2ccc(C#Cc3cccc(Cl)c3)cn2)C(=O)O1. The minimum Gasteiger partial charge on any atom is -0.443 e. The minimum absolute atomic E-state index is 0.364. The van der Waals surface area contributed by atoms with Crippen molar-refractivity contribution in [3.63, 3.8) is 0 Å². The highest BCUT2D eigenvalue weighted by molar-refractivity contribution is 6.30. The topological polar surface area (TPSA) is 42.4 Å². The molecule has 0 N–H and O–H groups in total. The van der Waals surface area contributed by atoms with Gasteiger partial charge in [-0.05, 0) is 44.2 Å². The van der Waals surface area contributed by atoms with Crippen molar-refractivity contribution in [1.82, 2.24) is 4.98 Å². The van der Waals surface area contributed by atoms with Crippen LogP contribution in [0.25, 0.3) is 0 Å². The van der Waals surface area contributed by atoms with E-state index in [1.807, 2.05) is 44.2 Å². The number of hydrogen-bond acceptors (Lipinski definition) is 3. The lowest BCUT2D eigenvalue weighted by Gasteiger charge is -2.35. The standard InChI is InChI=1S/C19H17ClN2O2/c1-19(2)10-11-22(18(23)24-19)17-9-8-15(13-21-17)7-6-14-4-3-5-16(20)12-14/h3-5,8-9,12-13H,10-11H2,1-2H3. The zero-order valence-electron chi connectivity index (χ0n) is 13.5. The van der Waals surface area contributed by atoms with Gasteiger partial charge < -0.3 is 4.74 Å². The molecule has 122 valence electrons. The summed E-state index contributed by atoms with van der Waals surface area (Å²) in [7, 11) is 0. The number of benzene rings is 1. The molecule has 1 fully saturated rings. The first-order valence-electron chi connectivity index (χ1n) is 7.67. The fraction of sp³-hybridized carbons (Fsp3) is 0.263. The van der Waals surface area contributed by atoms with Crippen LogP contribution in [0.1, 0.15) is 31.4 Å². The summed E-state index contributed by atoms with van der Waals surface area (Å²) in [6, 6.07) is 11.0. The van der Waals surface area contributed by atoms with Gasteiger partial charge in [-0.3, -0.25) is 4.90 Å². The van der Waals surface area contributed by atoms with Crippen LogP contribution in [0.2, 0.25) is 5.02 Å². The zero-order valence-corrected chi connectivity index (χ0v) is 14.3. The number of amides is 1. The van der Waals surface area contributed by atoms with Crippen LogP contribution in [0, 0.1) is 11.8 Å². The molecule has 0 atom stereocenters. The van der Waals surface area contributed by atoms with E-state index in [1.165, 1.54) is 0 Å². The van der Waals surface area contributed by atoms with Crippen LogP contribution in [0.3, 0.4) is 0 Å². The lowest BCUT2D eigenvalue weighted by molar-refractivity contribution is 0.0234. The van der Waals surface area contributed by atoms with Crippen LogP contribution in [0.5, 0.6) is 0 Å². The Morgan fingerprint density at radius 3 is 2.67 bits per heavy atom. The van der Waals surface area contributed by atoms with E-state index in [-0.39, 0.29) is 6.09 Å². The molecule has 0 spiro atoms. The van der Waals surface area contributed by atoms with E-state index in [0.29, 0.717) is 17.4 Å². The molecule has 24 heavy (non-hydrogen) atoms. The quantitative estimate of drug-likeness (QED) is 0.728. The predicted octanol–water partition coefficient (Wildman–Crippen LogP) is 4.26. The van der Waals surface area contributed by atoms with E-state index in [1.54, 1.807) is 17.2 Å². The van der Waals surface area contributed by atoms with Crippen LogP contribution < -0.4 is 4.90 Å². The van der Waals surface area contributed by atoms with Gasteiger partial charge in [0.05, 0.1) is 0 Å². The molecule has 3 rings (SSSR count). The Bertz CT molecular complexity index is 819. The van der Waals surface area contributed by atoms with E-state index in [2.05, 4.69) is 16.8 Å². The lowest BCUT2D eigenvalue weighted by Crippen LogP contribution is -2.47.